The summed E-state index contributed by atoms with van der Waals surface area (Å²) in [5.74, 6) is -0.0858. The van der Waals surface area contributed by atoms with E-state index in [1.165, 1.54) is 0 Å². The van der Waals surface area contributed by atoms with Crippen LogP contribution >= 0.6 is 0 Å². The maximum Gasteiger partial charge on any atom is 0.320 e. The van der Waals surface area contributed by atoms with Gasteiger partial charge in [0.2, 0.25) is 10.0 Å². The van der Waals surface area contributed by atoms with Crippen molar-refractivity contribution < 1.29 is 18.3 Å². The number of terminal acetylenes is 1. The molecule has 0 rings (SSSR count). The molecule has 0 saturated carbocycles. The fourth-order valence-corrected chi connectivity index (χ4v) is 1.33. The van der Waals surface area contributed by atoms with Gasteiger partial charge < -0.3 is 5.11 Å². The molecule has 0 amide bonds. The number of hydrogen-bond donors (Lipinski definition) is 2. The summed E-state index contributed by atoms with van der Waals surface area (Å²) >= 11 is 0. The van der Waals surface area contributed by atoms with E-state index >= 15 is 0 Å². The zero-order valence-corrected chi connectivity index (χ0v) is 7.10. The zero-order valence-electron chi connectivity index (χ0n) is 6.28. The molecular weight excluding hydrogens is 182 g/mol. The van der Waals surface area contributed by atoms with E-state index < -0.39 is 21.7 Å². The molecule has 12 heavy (non-hydrogen) atoms. The third-order valence-corrected chi connectivity index (χ3v) is 2.18. The minimum absolute atomic E-state index is 0.0755. The molecule has 0 aliphatic carbocycles. The van der Waals surface area contributed by atoms with Gasteiger partial charge in [-0.25, -0.2) is 13.1 Å². The Labute approximate surface area is 70.8 Å². The highest BCUT2D eigenvalue weighted by Gasteiger charge is 2.13. The van der Waals surface area contributed by atoms with E-state index in [1.807, 2.05) is 4.72 Å². The zero-order chi connectivity index (χ0) is 9.61. The van der Waals surface area contributed by atoms with Crippen molar-refractivity contribution in [2.75, 3.05) is 12.3 Å². The predicted octanol–water partition coefficient (Wildman–Crippen LogP) is -0.986. The van der Waals surface area contributed by atoms with Crippen molar-refractivity contribution in [1.82, 2.24) is 4.72 Å². The van der Waals surface area contributed by atoms with Crippen LogP contribution in [0.3, 0.4) is 0 Å². The number of nitrogens with one attached hydrogen (secondary N) is 1. The fourth-order valence-electron chi connectivity index (χ4n) is 0.492. The third-order valence-electron chi connectivity index (χ3n) is 0.905. The lowest BCUT2D eigenvalue weighted by atomic mass is 10.5. The average molecular weight is 191 g/mol. The summed E-state index contributed by atoms with van der Waals surface area (Å²) in [6.07, 6.45) is 5.11. The van der Waals surface area contributed by atoms with Crippen molar-refractivity contribution >= 4 is 16.0 Å². The van der Waals surface area contributed by atoms with Gasteiger partial charge in [-0.1, -0.05) is 0 Å². The molecule has 68 valence electrons. The molecule has 0 fully saturated rings. The molecule has 0 aromatic heterocycles. The minimum Gasteiger partial charge on any atom is -0.480 e. The first-order valence-electron chi connectivity index (χ1n) is 3.10. The van der Waals surface area contributed by atoms with E-state index in [4.69, 9.17) is 11.5 Å². The maximum absolute atomic E-state index is 10.8. The van der Waals surface area contributed by atoms with Crippen molar-refractivity contribution in [1.29, 1.82) is 0 Å². The molecule has 0 heterocycles. The quantitative estimate of drug-likeness (QED) is 0.432. The van der Waals surface area contributed by atoms with E-state index in [0.717, 1.165) is 0 Å². The number of sulfonamides is 1. The van der Waals surface area contributed by atoms with Gasteiger partial charge in [-0.3, -0.25) is 4.79 Å². The van der Waals surface area contributed by atoms with Crippen molar-refractivity contribution in [2.45, 2.75) is 6.42 Å². The average Bonchev–Trinajstić information content (AvgIpc) is 1.84. The van der Waals surface area contributed by atoms with Crippen LogP contribution in [0.5, 0.6) is 0 Å². The highest BCUT2D eigenvalue weighted by Crippen LogP contribution is 1.84. The molecule has 0 radical (unpaired) electrons. The molecule has 0 spiro atoms. The molecule has 0 bridgehead atoms. The number of aliphatic carboxylic acids is 1. The summed E-state index contributed by atoms with van der Waals surface area (Å²) in [6.45, 7) is 0.0755. The van der Waals surface area contributed by atoms with E-state index in [9.17, 15) is 13.2 Å². The monoisotopic (exact) mass is 191 g/mol. The minimum atomic E-state index is -3.70. The van der Waals surface area contributed by atoms with Crippen LogP contribution in [0.4, 0.5) is 0 Å². The van der Waals surface area contributed by atoms with Gasteiger partial charge in [0.15, 0.2) is 5.75 Å². The summed E-state index contributed by atoms with van der Waals surface area (Å²) < 4.78 is 23.6. The van der Waals surface area contributed by atoms with Crippen LogP contribution in [0.2, 0.25) is 0 Å². The molecular formula is C6H9NO4S. The Morgan fingerprint density at radius 3 is 2.58 bits per heavy atom. The number of carbonyl (C=O) groups is 1. The number of hydrogen-bond acceptors (Lipinski definition) is 3. The van der Waals surface area contributed by atoms with Crippen LogP contribution in [0.1, 0.15) is 6.42 Å². The Hall–Kier alpha value is -1.06. The number of carboxylic acid groups (broad SMARTS) is 1. The second-order valence-corrected chi connectivity index (χ2v) is 3.81. The van der Waals surface area contributed by atoms with Crippen molar-refractivity contribution in [3.8, 4) is 12.3 Å². The van der Waals surface area contributed by atoms with Gasteiger partial charge in [0, 0.05) is 13.0 Å². The lowest BCUT2D eigenvalue weighted by molar-refractivity contribution is -0.134. The fraction of sp³-hybridized carbons (Fsp3) is 0.500. The summed E-state index contributed by atoms with van der Waals surface area (Å²) in [5, 5.41) is 8.15. The lowest BCUT2D eigenvalue weighted by Crippen LogP contribution is -2.30. The third kappa shape index (κ3) is 5.70. The first-order valence-corrected chi connectivity index (χ1v) is 4.76. The smallest absolute Gasteiger partial charge is 0.320 e. The second-order valence-electron chi connectivity index (χ2n) is 2.00. The molecule has 6 heteroatoms. The largest absolute Gasteiger partial charge is 0.480 e. The van der Waals surface area contributed by atoms with E-state index in [-0.39, 0.29) is 13.0 Å². The normalized spacial score (nSPS) is 10.6. The van der Waals surface area contributed by atoms with Crippen molar-refractivity contribution in [3.63, 3.8) is 0 Å². The van der Waals surface area contributed by atoms with Crippen molar-refractivity contribution in [3.05, 3.63) is 0 Å². The summed E-state index contributed by atoms with van der Waals surface area (Å²) in [5.41, 5.74) is 0. The first-order chi connectivity index (χ1) is 5.48. The van der Waals surface area contributed by atoms with Crippen LogP contribution in [-0.4, -0.2) is 31.8 Å². The molecule has 0 atom stereocenters. The van der Waals surface area contributed by atoms with Crippen LogP contribution in [0.25, 0.3) is 0 Å². The van der Waals surface area contributed by atoms with Gasteiger partial charge in [-0.2, -0.15) is 0 Å². The van der Waals surface area contributed by atoms with Gasteiger partial charge in [0.1, 0.15) is 0 Å². The van der Waals surface area contributed by atoms with E-state index in [0.29, 0.717) is 0 Å². The first kappa shape index (κ1) is 10.9. The van der Waals surface area contributed by atoms with Crippen LogP contribution in [0, 0.1) is 12.3 Å². The standard InChI is InChI=1S/C6H9NO4S/c1-2-3-4-7-12(10,11)5-6(8)9/h1,7H,3-5H2,(H,8,9). The van der Waals surface area contributed by atoms with Crippen LogP contribution in [0.15, 0.2) is 0 Å². The van der Waals surface area contributed by atoms with Crippen LogP contribution in [-0.2, 0) is 14.8 Å². The van der Waals surface area contributed by atoms with E-state index in [2.05, 4.69) is 5.92 Å². The van der Waals surface area contributed by atoms with Gasteiger partial charge in [-0.15, -0.1) is 12.3 Å². The molecule has 0 saturated heterocycles. The molecule has 0 aliphatic heterocycles. The van der Waals surface area contributed by atoms with Gasteiger partial charge in [0.05, 0.1) is 0 Å². The Kier molecular flexibility index (Phi) is 4.33. The van der Waals surface area contributed by atoms with Gasteiger partial charge in [-0.05, 0) is 0 Å². The highest BCUT2D eigenvalue weighted by molar-refractivity contribution is 7.90. The van der Waals surface area contributed by atoms with Crippen LogP contribution < -0.4 is 4.72 Å². The number of rotatable bonds is 5. The lowest BCUT2D eigenvalue weighted by Gasteiger charge is -2.00. The van der Waals surface area contributed by atoms with Gasteiger partial charge in [0.25, 0.3) is 0 Å². The Bertz CT molecular complexity index is 287. The predicted molar refractivity (Wildman–Crippen MR) is 42.9 cm³/mol. The molecule has 0 unspecified atom stereocenters. The number of carboxylic acids is 1. The van der Waals surface area contributed by atoms with E-state index in [1.54, 1.807) is 0 Å². The second kappa shape index (κ2) is 4.74. The molecule has 2 N–H and O–H groups in total. The highest BCUT2D eigenvalue weighted by atomic mass is 32.2. The topological polar surface area (TPSA) is 83.5 Å². The summed E-state index contributed by atoms with van der Waals surface area (Å²) in [6, 6.07) is 0. The Morgan fingerprint density at radius 2 is 2.17 bits per heavy atom. The maximum atomic E-state index is 10.8. The van der Waals surface area contributed by atoms with Crippen molar-refractivity contribution in [2.24, 2.45) is 0 Å². The summed E-state index contributed by atoms with van der Waals surface area (Å²) in [7, 11) is -3.70. The molecule has 5 nitrogen and oxygen atoms in total. The SMILES string of the molecule is C#CCCNS(=O)(=O)CC(=O)O. The molecule has 0 aromatic carbocycles. The molecule has 0 aliphatic rings. The Morgan fingerprint density at radius 1 is 1.58 bits per heavy atom. The summed E-state index contributed by atoms with van der Waals surface area (Å²) in [4.78, 5) is 9.99. The molecule has 0 aromatic rings. The Balaban J connectivity index is 3.91. The van der Waals surface area contributed by atoms with Gasteiger partial charge >= 0.3 is 5.97 Å².